The first-order valence-corrected chi connectivity index (χ1v) is 7.09. The van der Waals surface area contributed by atoms with Crippen LogP contribution in [0.1, 0.15) is 16.7 Å². The molecule has 0 aliphatic rings. The molecule has 0 amide bonds. The highest BCUT2D eigenvalue weighted by Crippen LogP contribution is 2.20. The molecule has 0 fully saturated rings. The molecule has 116 valence electrons. The topological polar surface area (TPSA) is 55.8 Å². The molecule has 2 aromatic carbocycles. The van der Waals surface area contributed by atoms with Gasteiger partial charge in [0, 0.05) is 6.42 Å². The van der Waals surface area contributed by atoms with E-state index in [4.69, 9.17) is 9.47 Å². The molecule has 0 aliphatic heterocycles. The zero-order valence-corrected chi connectivity index (χ0v) is 13.0. The molecule has 1 N–H and O–H groups in total. The van der Waals surface area contributed by atoms with Crippen LogP contribution in [0.25, 0.3) is 0 Å². The van der Waals surface area contributed by atoms with E-state index in [1.165, 1.54) is 0 Å². The van der Waals surface area contributed by atoms with Gasteiger partial charge in [0.05, 0.1) is 7.11 Å². The second kappa shape index (κ2) is 6.98. The van der Waals surface area contributed by atoms with Gasteiger partial charge in [-0.25, -0.2) is 4.79 Å². The lowest BCUT2D eigenvalue weighted by Gasteiger charge is -2.16. The van der Waals surface area contributed by atoms with Crippen LogP contribution in [0.3, 0.4) is 0 Å². The predicted octanol–water partition coefficient (Wildman–Crippen LogP) is 3.39. The summed E-state index contributed by atoms with van der Waals surface area (Å²) in [6, 6.07) is 12.9. The molecule has 0 radical (unpaired) electrons. The Bertz CT molecular complexity index is 647. The van der Waals surface area contributed by atoms with Crippen LogP contribution in [-0.4, -0.2) is 24.3 Å². The van der Waals surface area contributed by atoms with Gasteiger partial charge in [-0.3, -0.25) is 0 Å². The molecule has 2 rings (SSSR count). The molecule has 0 heterocycles. The van der Waals surface area contributed by atoms with Crippen LogP contribution in [-0.2, 0) is 11.2 Å². The van der Waals surface area contributed by atoms with E-state index in [0.717, 1.165) is 22.4 Å². The predicted molar refractivity (Wildman–Crippen MR) is 84.7 cm³/mol. The maximum atomic E-state index is 11.4. The van der Waals surface area contributed by atoms with Crippen molar-refractivity contribution in [2.75, 3.05) is 7.11 Å². The van der Waals surface area contributed by atoms with Crippen molar-refractivity contribution in [2.24, 2.45) is 0 Å². The normalized spacial score (nSPS) is 11.8. The Morgan fingerprint density at radius 3 is 2.23 bits per heavy atom. The Morgan fingerprint density at radius 1 is 1.05 bits per heavy atom. The van der Waals surface area contributed by atoms with Crippen LogP contribution in [0.5, 0.6) is 11.5 Å². The molecule has 0 bridgehead atoms. The van der Waals surface area contributed by atoms with Gasteiger partial charge in [-0.2, -0.15) is 0 Å². The average Bonchev–Trinajstić information content (AvgIpc) is 2.51. The molecular weight excluding hydrogens is 280 g/mol. The summed E-state index contributed by atoms with van der Waals surface area (Å²) in [5.41, 5.74) is 3.11. The van der Waals surface area contributed by atoms with Crippen molar-refractivity contribution in [3.05, 3.63) is 59.2 Å². The number of carboxylic acids is 1. The zero-order chi connectivity index (χ0) is 16.1. The maximum absolute atomic E-state index is 11.4. The lowest BCUT2D eigenvalue weighted by molar-refractivity contribution is -0.145. The zero-order valence-electron chi connectivity index (χ0n) is 13.0. The van der Waals surface area contributed by atoms with E-state index in [1.54, 1.807) is 13.2 Å². The first kappa shape index (κ1) is 15.9. The fourth-order valence-electron chi connectivity index (χ4n) is 2.11. The van der Waals surface area contributed by atoms with Crippen molar-refractivity contribution in [2.45, 2.75) is 26.4 Å². The van der Waals surface area contributed by atoms with Gasteiger partial charge in [-0.15, -0.1) is 0 Å². The Morgan fingerprint density at radius 2 is 1.68 bits per heavy atom. The average molecular weight is 300 g/mol. The number of ether oxygens (including phenoxy) is 2. The van der Waals surface area contributed by atoms with Gasteiger partial charge in [0.2, 0.25) is 0 Å². The molecule has 0 saturated heterocycles. The molecule has 0 aromatic heterocycles. The number of carboxylic acid groups (broad SMARTS) is 1. The summed E-state index contributed by atoms with van der Waals surface area (Å²) in [6.07, 6.45) is -0.623. The first-order chi connectivity index (χ1) is 10.5. The highest BCUT2D eigenvalue weighted by molar-refractivity contribution is 5.73. The number of aliphatic carboxylic acids is 1. The Hall–Kier alpha value is -2.49. The first-order valence-electron chi connectivity index (χ1n) is 7.09. The highest BCUT2D eigenvalue weighted by Gasteiger charge is 2.20. The van der Waals surface area contributed by atoms with Crippen molar-refractivity contribution in [3.8, 4) is 11.5 Å². The van der Waals surface area contributed by atoms with Gasteiger partial charge >= 0.3 is 5.97 Å². The molecule has 4 nitrogen and oxygen atoms in total. The quantitative estimate of drug-likeness (QED) is 0.888. The van der Waals surface area contributed by atoms with E-state index < -0.39 is 12.1 Å². The van der Waals surface area contributed by atoms with Gasteiger partial charge in [-0.1, -0.05) is 18.2 Å². The minimum atomic E-state index is -0.978. The lowest BCUT2D eigenvalue weighted by atomic mass is 10.1. The summed E-state index contributed by atoms with van der Waals surface area (Å²) < 4.78 is 10.7. The summed E-state index contributed by atoms with van der Waals surface area (Å²) in [7, 11) is 1.60. The minimum absolute atomic E-state index is 0.298. The van der Waals surface area contributed by atoms with E-state index in [0.29, 0.717) is 12.2 Å². The number of hydrogen-bond acceptors (Lipinski definition) is 3. The van der Waals surface area contributed by atoms with Crippen molar-refractivity contribution in [1.82, 2.24) is 0 Å². The third-order valence-electron chi connectivity index (χ3n) is 3.61. The van der Waals surface area contributed by atoms with Crippen LogP contribution in [0.4, 0.5) is 0 Å². The number of benzene rings is 2. The monoisotopic (exact) mass is 300 g/mol. The van der Waals surface area contributed by atoms with Crippen molar-refractivity contribution in [3.63, 3.8) is 0 Å². The lowest BCUT2D eigenvalue weighted by Crippen LogP contribution is -2.29. The third kappa shape index (κ3) is 4.01. The van der Waals surface area contributed by atoms with E-state index in [1.807, 2.05) is 50.2 Å². The molecule has 0 saturated carbocycles. The van der Waals surface area contributed by atoms with E-state index in [2.05, 4.69) is 0 Å². The fraction of sp³-hybridized carbons (Fsp3) is 0.278. The number of methoxy groups -OCH3 is 1. The Kier molecular flexibility index (Phi) is 5.04. The molecule has 1 atom stereocenters. The van der Waals surface area contributed by atoms with Gasteiger partial charge in [-0.05, 0) is 54.8 Å². The molecule has 22 heavy (non-hydrogen) atoms. The fourth-order valence-corrected chi connectivity index (χ4v) is 2.11. The minimum Gasteiger partial charge on any atom is -0.497 e. The largest absolute Gasteiger partial charge is 0.497 e. The van der Waals surface area contributed by atoms with E-state index >= 15 is 0 Å². The summed E-state index contributed by atoms with van der Waals surface area (Å²) in [6.45, 7) is 3.98. The van der Waals surface area contributed by atoms with Crippen LogP contribution >= 0.6 is 0 Å². The van der Waals surface area contributed by atoms with Crippen molar-refractivity contribution < 1.29 is 19.4 Å². The number of rotatable bonds is 6. The highest BCUT2D eigenvalue weighted by atomic mass is 16.5. The van der Waals surface area contributed by atoms with Gasteiger partial charge in [0.1, 0.15) is 11.5 Å². The summed E-state index contributed by atoms with van der Waals surface area (Å²) >= 11 is 0. The number of aryl methyl sites for hydroxylation is 2. The number of hydrogen-bond donors (Lipinski definition) is 1. The van der Waals surface area contributed by atoms with Crippen LogP contribution in [0, 0.1) is 13.8 Å². The molecule has 0 aliphatic carbocycles. The maximum Gasteiger partial charge on any atom is 0.345 e. The molecule has 4 heteroatoms. The number of carbonyl (C=O) groups is 1. The summed E-state index contributed by atoms with van der Waals surface area (Å²) in [5, 5.41) is 9.37. The molecule has 1 unspecified atom stereocenters. The Balaban J connectivity index is 2.12. The van der Waals surface area contributed by atoms with Gasteiger partial charge < -0.3 is 14.6 Å². The van der Waals surface area contributed by atoms with Crippen molar-refractivity contribution in [1.29, 1.82) is 0 Å². The second-order valence-electron chi connectivity index (χ2n) is 5.24. The Labute approximate surface area is 130 Å². The van der Waals surface area contributed by atoms with E-state index in [9.17, 15) is 9.90 Å². The van der Waals surface area contributed by atoms with Crippen LogP contribution in [0.15, 0.2) is 42.5 Å². The van der Waals surface area contributed by atoms with Crippen LogP contribution < -0.4 is 9.47 Å². The summed E-state index contributed by atoms with van der Waals surface area (Å²) in [5.74, 6) is 0.337. The van der Waals surface area contributed by atoms with Gasteiger partial charge in [0.15, 0.2) is 6.10 Å². The molecule has 0 spiro atoms. The standard InChI is InChI=1S/C18H20O4/c1-12-4-7-16(10-13(12)2)22-17(18(19)20)11-14-5-8-15(21-3)9-6-14/h4-10,17H,11H2,1-3H3,(H,19,20). The molecule has 2 aromatic rings. The van der Waals surface area contributed by atoms with E-state index in [-0.39, 0.29) is 0 Å². The van der Waals surface area contributed by atoms with Gasteiger partial charge in [0.25, 0.3) is 0 Å². The summed E-state index contributed by atoms with van der Waals surface area (Å²) in [4.78, 5) is 11.4. The molecular formula is C18H20O4. The third-order valence-corrected chi connectivity index (χ3v) is 3.61. The second-order valence-corrected chi connectivity index (χ2v) is 5.24. The SMILES string of the molecule is COc1ccc(CC(Oc2ccc(C)c(C)c2)C(=O)O)cc1. The van der Waals surface area contributed by atoms with Crippen molar-refractivity contribution >= 4 is 5.97 Å². The van der Waals surface area contributed by atoms with Crippen LogP contribution in [0.2, 0.25) is 0 Å². The smallest absolute Gasteiger partial charge is 0.345 e.